The Balaban J connectivity index is 2.63. The first-order valence-electron chi connectivity index (χ1n) is 5.73. The van der Waals surface area contributed by atoms with Crippen LogP contribution >= 0.6 is 11.8 Å². The van der Waals surface area contributed by atoms with Gasteiger partial charge in [0.2, 0.25) is 0 Å². The van der Waals surface area contributed by atoms with Gasteiger partial charge in [0, 0.05) is 19.8 Å². The molecule has 0 bridgehead atoms. The van der Waals surface area contributed by atoms with Gasteiger partial charge in [0.1, 0.15) is 0 Å². The largest absolute Gasteiger partial charge is 0.386 e. The normalized spacial score (nSPS) is 11.4. The quantitative estimate of drug-likeness (QED) is 0.710. The summed E-state index contributed by atoms with van der Waals surface area (Å²) in [7, 11) is -1.85. The zero-order valence-electron chi connectivity index (χ0n) is 10.6. The van der Waals surface area contributed by atoms with Crippen molar-refractivity contribution in [3.8, 4) is 0 Å². The Morgan fingerprint density at radius 2 is 2.17 bits per heavy atom. The second kappa shape index (κ2) is 7.60. The van der Waals surface area contributed by atoms with Crippen LogP contribution in [-0.2, 0) is 10.0 Å². The van der Waals surface area contributed by atoms with Crippen LogP contribution in [0.4, 0.5) is 5.69 Å². The van der Waals surface area contributed by atoms with Gasteiger partial charge < -0.3 is 5.32 Å². The van der Waals surface area contributed by atoms with Crippen LogP contribution in [0.3, 0.4) is 0 Å². The number of rotatable bonds is 8. The highest BCUT2D eigenvalue weighted by molar-refractivity contribution is 7.98. The fourth-order valence-electron chi connectivity index (χ4n) is 1.44. The van der Waals surface area contributed by atoms with E-state index in [2.05, 4.69) is 15.0 Å². The molecule has 7 heteroatoms. The molecule has 0 saturated heterocycles. The molecule has 0 aliphatic heterocycles. The van der Waals surface area contributed by atoms with Crippen LogP contribution in [0.1, 0.15) is 12.8 Å². The zero-order chi connectivity index (χ0) is 13.4. The molecule has 0 unspecified atom stereocenters. The number of nitrogens with zero attached hydrogens (tertiary/aromatic N) is 1. The lowest BCUT2D eigenvalue weighted by molar-refractivity contribution is 0.575. The number of aromatic nitrogens is 1. The summed E-state index contributed by atoms with van der Waals surface area (Å²) in [5, 5.41) is 2.88. The van der Waals surface area contributed by atoms with E-state index in [-0.39, 0.29) is 5.03 Å². The molecule has 0 radical (unpaired) electrons. The fraction of sp³-hybridized carbons (Fsp3) is 0.545. The van der Waals surface area contributed by atoms with E-state index in [1.807, 2.05) is 6.26 Å². The zero-order valence-corrected chi connectivity index (χ0v) is 12.3. The predicted molar refractivity (Wildman–Crippen MR) is 76.6 cm³/mol. The summed E-state index contributed by atoms with van der Waals surface area (Å²) in [5.41, 5.74) is 0.508. The number of hydrogen-bond acceptors (Lipinski definition) is 5. The van der Waals surface area contributed by atoms with E-state index in [0.29, 0.717) is 12.2 Å². The van der Waals surface area contributed by atoms with Crippen LogP contribution in [-0.4, -0.2) is 39.0 Å². The van der Waals surface area contributed by atoms with Crippen molar-refractivity contribution in [3.05, 3.63) is 18.3 Å². The van der Waals surface area contributed by atoms with Gasteiger partial charge in [0.05, 0.1) is 5.69 Å². The van der Waals surface area contributed by atoms with E-state index in [9.17, 15) is 8.42 Å². The Morgan fingerprint density at radius 3 is 2.83 bits per heavy atom. The molecule has 0 aliphatic carbocycles. The smallest absolute Gasteiger partial charge is 0.260 e. The molecular weight excluding hydrogens is 270 g/mol. The summed E-state index contributed by atoms with van der Waals surface area (Å²) in [6.07, 6.45) is 5.35. The van der Waals surface area contributed by atoms with Gasteiger partial charge in [-0.1, -0.05) is 0 Å². The van der Waals surface area contributed by atoms with E-state index in [4.69, 9.17) is 0 Å². The Hall–Kier alpha value is -0.790. The molecule has 0 fully saturated rings. The minimum absolute atomic E-state index is 0.0531. The highest BCUT2D eigenvalue weighted by atomic mass is 32.2. The molecule has 0 aliphatic rings. The van der Waals surface area contributed by atoms with Crippen molar-refractivity contribution in [1.29, 1.82) is 0 Å². The second-order valence-electron chi connectivity index (χ2n) is 3.70. The van der Waals surface area contributed by atoms with Crippen molar-refractivity contribution in [2.45, 2.75) is 17.9 Å². The predicted octanol–water partition coefficient (Wildman–Crippen LogP) is 1.54. The van der Waals surface area contributed by atoms with Crippen molar-refractivity contribution >= 4 is 27.5 Å². The maximum atomic E-state index is 12.0. The molecular formula is C11H19N3O2S2. The van der Waals surface area contributed by atoms with Crippen LogP contribution in [0.2, 0.25) is 0 Å². The number of pyridine rings is 1. The lowest BCUT2D eigenvalue weighted by atomic mass is 10.3. The molecule has 1 rings (SSSR count). The Kier molecular flexibility index (Phi) is 6.45. The second-order valence-corrected chi connectivity index (χ2v) is 6.37. The van der Waals surface area contributed by atoms with Crippen molar-refractivity contribution in [2.75, 3.05) is 30.9 Å². The van der Waals surface area contributed by atoms with E-state index in [1.165, 1.54) is 6.20 Å². The lowest BCUT2D eigenvalue weighted by Gasteiger charge is -2.09. The average molecular weight is 289 g/mol. The first-order valence-corrected chi connectivity index (χ1v) is 8.61. The molecule has 0 saturated carbocycles. The topological polar surface area (TPSA) is 71.1 Å². The Morgan fingerprint density at radius 1 is 1.39 bits per heavy atom. The number of sulfonamides is 1. The number of thioether (sulfide) groups is 1. The molecule has 0 amide bonds. The number of unbranched alkanes of at least 4 members (excludes halogenated alkanes) is 1. The molecule has 0 atom stereocenters. The molecule has 0 spiro atoms. The summed E-state index contributed by atoms with van der Waals surface area (Å²) in [4.78, 5) is 3.92. The summed E-state index contributed by atoms with van der Waals surface area (Å²) in [5.74, 6) is 1.05. The summed E-state index contributed by atoms with van der Waals surface area (Å²) >= 11 is 1.76. The first kappa shape index (κ1) is 15.3. The third kappa shape index (κ3) is 4.47. The Labute approximate surface area is 113 Å². The van der Waals surface area contributed by atoms with Crippen LogP contribution in [0.5, 0.6) is 0 Å². The van der Waals surface area contributed by atoms with E-state index in [1.54, 1.807) is 30.9 Å². The van der Waals surface area contributed by atoms with Crippen LogP contribution in [0.15, 0.2) is 23.4 Å². The van der Waals surface area contributed by atoms with Gasteiger partial charge in [-0.25, -0.2) is 18.1 Å². The van der Waals surface area contributed by atoms with E-state index >= 15 is 0 Å². The third-order valence-corrected chi connectivity index (χ3v) is 4.48. The molecule has 18 heavy (non-hydrogen) atoms. The van der Waals surface area contributed by atoms with Gasteiger partial charge in [-0.15, -0.1) is 0 Å². The first-order chi connectivity index (χ1) is 8.61. The van der Waals surface area contributed by atoms with E-state index < -0.39 is 10.0 Å². The summed E-state index contributed by atoms with van der Waals surface area (Å²) in [6, 6.07) is 3.39. The molecule has 102 valence electrons. The highest BCUT2D eigenvalue weighted by Gasteiger charge is 2.18. The third-order valence-electron chi connectivity index (χ3n) is 2.36. The molecule has 5 nitrogen and oxygen atoms in total. The maximum absolute atomic E-state index is 12.0. The molecule has 1 aromatic rings. The lowest BCUT2D eigenvalue weighted by Crippen LogP contribution is -2.26. The standard InChI is InChI=1S/C11H19N3O2S2/c1-12-10-6-5-7-13-11(10)18(15,16)14-8-3-4-9-17-2/h5-7,12,14H,3-4,8-9H2,1-2H3. The van der Waals surface area contributed by atoms with Crippen molar-refractivity contribution in [1.82, 2.24) is 9.71 Å². The average Bonchev–Trinajstić information content (AvgIpc) is 2.38. The van der Waals surface area contributed by atoms with Gasteiger partial charge in [-0.3, -0.25) is 0 Å². The molecule has 2 N–H and O–H groups in total. The maximum Gasteiger partial charge on any atom is 0.260 e. The van der Waals surface area contributed by atoms with Crippen LogP contribution in [0, 0.1) is 0 Å². The highest BCUT2D eigenvalue weighted by Crippen LogP contribution is 2.16. The van der Waals surface area contributed by atoms with Gasteiger partial charge in [-0.2, -0.15) is 11.8 Å². The minimum Gasteiger partial charge on any atom is -0.386 e. The van der Waals surface area contributed by atoms with Gasteiger partial charge in [-0.05, 0) is 37.0 Å². The summed E-state index contributed by atoms with van der Waals surface area (Å²) in [6.45, 7) is 0.447. The van der Waals surface area contributed by atoms with Crippen molar-refractivity contribution in [3.63, 3.8) is 0 Å². The van der Waals surface area contributed by atoms with Gasteiger partial charge in [0.15, 0.2) is 5.03 Å². The van der Waals surface area contributed by atoms with Crippen LogP contribution in [0.25, 0.3) is 0 Å². The van der Waals surface area contributed by atoms with Crippen LogP contribution < -0.4 is 10.0 Å². The van der Waals surface area contributed by atoms with Crippen molar-refractivity contribution < 1.29 is 8.42 Å². The fourth-order valence-corrected chi connectivity index (χ4v) is 3.14. The number of nitrogens with one attached hydrogen (secondary N) is 2. The van der Waals surface area contributed by atoms with Gasteiger partial charge >= 0.3 is 0 Å². The number of anilines is 1. The van der Waals surface area contributed by atoms with E-state index in [0.717, 1.165) is 18.6 Å². The SMILES string of the molecule is CNc1cccnc1S(=O)(=O)NCCCCSC. The minimum atomic E-state index is -3.52. The number of hydrogen-bond donors (Lipinski definition) is 2. The summed E-state index contributed by atoms with van der Waals surface area (Å²) < 4.78 is 26.6. The van der Waals surface area contributed by atoms with Crippen molar-refractivity contribution in [2.24, 2.45) is 0 Å². The Bertz CT molecular complexity index is 463. The van der Waals surface area contributed by atoms with Gasteiger partial charge in [0.25, 0.3) is 10.0 Å². The monoisotopic (exact) mass is 289 g/mol. The molecule has 1 aromatic heterocycles. The molecule has 0 aromatic carbocycles. The molecule has 1 heterocycles.